The molecule has 18 heavy (non-hydrogen) atoms. The third-order valence-electron chi connectivity index (χ3n) is 3.05. The van der Waals surface area contributed by atoms with E-state index in [4.69, 9.17) is 0 Å². The van der Waals surface area contributed by atoms with Crippen molar-refractivity contribution < 1.29 is 0 Å². The van der Waals surface area contributed by atoms with Gasteiger partial charge in [-0.15, -0.1) is 0 Å². The maximum absolute atomic E-state index is 4.38. The SMILES string of the molecule is CCNC(c1ccc(C)nc1)c1ccncc1C. The molecule has 1 N–H and O–H groups in total. The zero-order chi connectivity index (χ0) is 13.0. The van der Waals surface area contributed by atoms with Crippen molar-refractivity contribution in [3.05, 3.63) is 59.2 Å². The molecule has 3 nitrogen and oxygen atoms in total. The minimum Gasteiger partial charge on any atom is -0.306 e. The molecule has 0 radical (unpaired) electrons. The number of nitrogens with one attached hydrogen (secondary N) is 1. The molecule has 0 amide bonds. The van der Waals surface area contributed by atoms with Gasteiger partial charge in [0.05, 0.1) is 6.04 Å². The number of nitrogens with zero attached hydrogens (tertiary/aromatic N) is 2. The van der Waals surface area contributed by atoms with Crippen LogP contribution in [0, 0.1) is 13.8 Å². The summed E-state index contributed by atoms with van der Waals surface area (Å²) in [4.78, 5) is 8.53. The Hall–Kier alpha value is -1.74. The van der Waals surface area contributed by atoms with Crippen molar-refractivity contribution in [3.8, 4) is 0 Å². The monoisotopic (exact) mass is 241 g/mol. The van der Waals surface area contributed by atoms with Gasteiger partial charge in [0.15, 0.2) is 0 Å². The summed E-state index contributed by atoms with van der Waals surface area (Å²) in [5.41, 5.74) is 4.69. The second-order valence-electron chi connectivity index (χ2n) is 4.46. The van der Waals surface area contributed by atoms with Gasteiger partial charge in [-0.25, -0.2) is 0 Å². The lowest BCUT2D eigenvalue weighted by atomic mass is 9.97. The summed E-state index contributed by atoms with van der Waals surface area (Å²) in [7, 11) is 0. The number of aryl methyl sites for hydroxylation is 2. The van der Waals surface area contributed by atoms with Crippen molar-refractivity contribution in [1.82, 2.24) is 15.3 Å². The van der Waals surface area contributed by atoms with Crippen LogP contribution in [0.25, 0.3) is 0 Å². The van der Waals surface area contributed by atoms with Crippen LogP contribution in [0.1, 0.15) is 35.3 Å². The van der Waals surface area contributed by atoms with Crippen molar-refractivity contribution in [2.24, 2.45) is 0 Å². The number of hydrogen-bond acceptors (Lipinski definition) is 3. The van der Waals surface area contributed by atoms with Gasteiger partial charge < -0.3 is 5.32 Å². The second-order valence-corrected chi connectivity index (χ2v) is 4.46. The molecule has 3 heteroatoms. The first-order valence-electron chi connectivity index (χ1n) is 6.28. The Morgan fingerprint density at radius 2 is 2.00 bits per heavy atom. The predicted octanol–water partition coefficient (Wildman–Crippen LogP) is 2.79. The Morgan fingerprint density at radius 3 is 2.61 bits per heavy atom. The molecule has 0 spiro atoms. The highest BCUT2D eigenvalue weighted by atomic mass is 14.9. The summed E-state index contributed by atoms with van der Waals surface area (Å²) >= 11 is 0. The first kappa shape index (κ1) is 12.7. The van der Waals surface area contributed by atoms with Crippen LogP contribution in [0.2, 0.25) is 0 Å². The van der Waals surface area contributed by atoms with Crippen LogP contribution in [0.3, 0.4) is 0 Å². The largest absolute Gasteiger partial charge is 0.306 e. The van der Waals surface area contributed by atoms with Gasteiger partial charge in [-0.3, -0.25) is 9.97 Å². The Labute approximate surface area is 108 Å². The molecule has 0 aliphatic rings. The van der Waals surface area contributed by atoms with Gasteiger partial charge in [-0.1, -0.05) is 13.0 Å². The molecule has 0 fully saturated rings. The van der Waals surface area contributed by atoms with E-state index in [0.717, 1.165) is 12.2 Å². The van der Waals surface area contributed by atoms with Gasteiger partial charge in [0.2, 0.25) is 0 Å². The van der Waals surface area contributed by atoms with E-state index in [9.17, 15) is 0 Å². The molecule has 0 aliphatic heterocycles. The highest BCUT2D eigenvalue weighted by Crippen LogP contribution is 2.23. The van der Waals surface area contributed by atoms with Crippen molar-refractivity contribution in [2.45, 2.75) is 26.8 Å². The van der Waals surface area contributed by atoms with E-state index in [-0.39, 0.29) is 6.04 Å². The average molecular weight is 241 g/mol. The van der Waals surface area contributed by atoms with Gasteiger partial charge in [0.1, 0.15) is 0 Å². The third kappa shape index (κ3) is 2.74. The molecule has 1 atom stereocenters. The van der Waals surface area contributed by atoms with Crippen LogP contribution in [-0.2, 0) is 0 Å². The molecule has 0 aliphatic carbocycles. The molecular formula is C15H19N3. The summed E-state index contributed by atoms with van der Waals surface area (Å²) in [6.07, 6.45) is 5.69. The zero-order valence-corrected chi connectivity index (χ0v) is 11.1. The minimum absolute atomic E-state index is 0.186. The highest BCUT2D eigenvalue weighted by Gasteiger charge is 2.15. The van der Waals surface area contributed by atoms with Crippen molar-refractivity contribution in [2.75, 3.05) is 6.54 Å². The van der Waals surface area contributed by atoms with Crippen LogP contribution >= 0.6 is 0 Å². The van der Waals surface area contributed by atoms with Gasteiger partial charge in [-0.2, -0.15) is 0 Å². The maximum Gasteiger partial charge on any atom is 0.0595 e. The molecule has 0 saturated carbocycles. The Balaban J connectivity index is 2.40. The van der Waals surface area contributed by atoms with Gasteiger partial charge in [-0.05, 0) is 49.2 Å². The van der Waals surface area contributed by atoms with E-state index in [1.54, 1.807) is 0 Å². The lowest BCUT2D eigenvalue weighted by Crippen LogP contribution is -2.23. The lowest BCUT2D eigenvalue weighted by Gasteiger charge is -2.20. The van der Waals surface area contributed by atoms with Gasteiger partial charge >= 0.3 is 0 Å². The summed E-state index contributed by atoms with van der Waals surface area (Å²) in [5, 5.41) is 3.51. The van der Waals surface area contributed by atoms with Crippen molar-refractivity contribution >= 4 is 0 Å². The fourth-order valence-corrected chi connectivity index (χ4v) is 2.07. The molecule has 94 valence electrons. The summed E-state index contributed by atoms with van der Waals surface area (Å²) < 4.78 is 0. The van der Waals surface area contributed by atoms with E-state index in [1.807, 2.05) is 25.5 Å². The Kier molecular flexibility index (Phi) is 4.05. The van der Waals surface area contributed by atoms with Crippen molar-refractivity contribution in [1.29, 1.82) is 0 Å². The topological polar surface area (TPSA) is 37.8 Å². The molecule has 0 aromatic carbocycles. The van der Waals surface area contributed by atoms with Crippen LogP contribution in [-0.4, -0.2) is 16.5 Å². The second kappa shape index (κ2) is 5.74. The predicted molar refractivity (Wildman–Crippen MR) is 73.5 cm³/mol. The van der Waals surface area contributed by atoms with Crippen LogP contribution in [0.4, 0.5) is 0 Å². The van der Waals surface area contributed by atoms with E-state index in [0.29, 0.717) is 0 Å². The number of rotatable bonds is 4. The third-order valence-corrected chi connectivity index (χ3v) is 3.05. The fourth-order valence-electron chi connectivity index (χ4n) is 2.07. The molecule has 2 aromatic rings. The molecule has 2 heterocycles. The number of pyridine rings is 2. The van der Waals surface area contributed by atoms with Crippen LogP contribution in [0.15, 0.2) is 36.8 Å². The molecule has 2 aromatic heterocycles. The highest BCUT2D eigenvalue weighted by molar-refractivity contribution is 5.34. The molecule has 0 bridgehead atoms. The first-order chi connectivity index (χ1) is 8.72. The standard InChI is InChI=1S/C15H19N3/c1-4-17-15(13-6-5-12(3)18-10-13)14-7-8-16-9-11(14)2/h5-10,15,17H,4H2,1-3H3. The normalized spacial score (nSPS) is 12.4. The molecular weight excluding hydrogens is 222 g/mol. The van der Waals surface area contributed by atoms with Gasteiger partial charge in [0.25, 0.3) is 0 Å². The summed E-state index contributed by atoms with van der Waals surface area (Å²) in [6, 6.07) is 6.44. The number of aromatic nitrogens is 2. The Bertz CT molecular complexity index is 505. The quantitative estimate of drug-likeness (QED) is 0.894. The first-order valence-corrected chi connectivity index (χ1v) is 6.28. The van der Waals surface area contributed by atoms with E-state index >= 15 is 0 Å². The fraction of sp³-hybridized carbons (Fsp3) is 0.333. The van der Waals surface area contributed by atoms with E-state index in [2.05, 4.69) is 47.3 Å². The van der Waals surface area contributed by atoms with Crippen molar-refractivity contribution in [3.63, 3.8) is 0 Å². The van der Waals surface area contributed by atoms with Crippen LogP contribution < -0.4 is 5.32 Å². The van der Waals surface area contributed by atoms with E-state index in [1.165, 1.54) is 16.7 Å². The lowest BCUT2D eigenvalue weighted by molar-refractivity contribution is 0.624. The Morgan fingerprint density at radius 1 is 1.17 bits per heavy atom. The van der Waals surface area contributed by atoms with Gasteiger partial charge in [0, 0.05) is 24.3 Å². The smallest absolute Gasteiger partial charge is 0.0595 e. The van der Waals surface area contributed by atoms with E-state index < -0.39 is 0 Å². The number of hydrogen-bond donors (Lipinski definition) is 1. The maximum atomic E-state index is 4.38. The van der Waals surface area contributed by atoms with Crippen LogP contribution in [0.5, 0.6) is 0 Å². The minimum atomic E-state index is 0.186. The zero-order valence-electron chi connectivity index (χ0n) is 11.1. The summed E-state index contributed by atoms with van der Waals surface area (Å²) in [5.74, 6) is 0. The molecule has 2 rings (SSSR count). The molecule has 1 unspecified atom stereocenters. The molecule has 0 saturated heterocycles. The average Bonchev–Trinajstić information content (AvgIpc) is 2.38. The summed E-state index contributed by atoms with van der Waals surface area (Å²) in [6.45, 7) is 7.13.